The molecule has 5 rings (SSSR count). The second kappa shape index (κ2) is 12.5. The Bertz CT molecular complexity index is 1440. The molecule has 3 aromatic carbocycles. The zero-order chi connectivity index (χ0) is 25.4. The average Bonchev–Trinajstić information content (AvgIpc) is 3.22. The lowest BCUT2D eigenvalue weighted by atomic mass is 9.74. The fourth-order valence-electron chi connectivity index (χ4n) is 5.11. The van der Waals surface area contributed by atoms with Crippen molar-refractivity contribution in [2.24, 2.45) is 5.92 Å². The van der Waals surface area contributed by atoms with Crippen LogP contribution in [0.25, 0.3) is 5.69 Å². The molecule has 0 fully saturated rings. The number of Topliss-reactive ketones (excluding diaryl/α,β-unsaturated/α-hetero) is 1. The van der Waals surface area contributed by atoms with Gasteiger partial charge in [0.1, 0.15) is 11.6 Å². The number of rotatable bonds is 6. The van der Waals surface area contributed by atoms with Crippen molar-refractivity contribution >= 4 is 67.1 Å². The number of fused-ring (bicyclic) bond motifs is 1. The van der Waals surface area contributed by atoms with Crippen molar-refractivity contribution in [2.75, 3.05) is 11.4 Å². The summed E-state index contributed by atoms with van der Waals surface area (Å²) < 4.78 is 16.6. The summed E-state index contributed by atoms with van der Waals surface area (Å²) in [6.07, 6.45) is 0.0485. The van der Waals surface area contributed by atoms with Crippen molar-refractivity contribution in [1.29, 1.82) is 0 Å². The van der Waals surface area contributed by atoms with Gasteiger partial charge in [-0.3, -0.25) is 14.5 Å². The monoisotopic (exact) mass is 661 g/mol. The van der Waals surface area contributed by atoms with Crippen LogP contribution in [0.4, 0.5) is 10.2 Å². The number of amides is 1. The van der Waals surface area contributed by atoms with Crippen molar-refractivity contribution in [3.8, 4) is 5.69 Å². The lowest BCUT2D eigenvalue weighted by molar-refractivity contribution is -0.123. The molecule has 0 N–H and O–H groups in total. The highest BCUT2D eigenvalue weighted by Gasteiger charge is 2.45. The number of ketones is 1. The molecule has 1 aliphatic rings. The van der Waals surface area contributed by atoms with Gasteiger partial charge in [-0.05, 0) is 78.4 Å². The Kier molecular flexibility index (Phi) is 9.83. The zero-order valence-electron chi connectivity index (χ0n) is 21.0. The molecule has 9 heteroatoms. The van der Waals surface area contributed by atoms with Crippen LogP contribution in [0.3, 0.4) is 0 Å². The number of aromatic nitrogens is 2. The Labute approximate surface area is 249 Å². The van der Waals surface area contributed by atoms with Crippen LogP contribution in [0.2, 0.25) is 0 Å². The highest BCUT2D eigenvalue weighted by Crippen LogP contribution is 2.47. The first-order valence-electron chi connectivity index (χ1n) is 11.9. The molecule has 5 nitrogen and oxygen atoms in total. The van der Waals surface area contributed by atoms with Gasteiger partial charge in [-0.1, -0.05) is 42.5 Å². The first-order valence-corrected chi connectivity index (χ1v) is 13.0. The summed E-state index contributed by atoms with van der Waals surface area (Å²) >= 11 is 2.18. The summed E-state index contributed by atoms with van der Waals surface area (Å²) in [6, 6.07) is 23.3. The van der Waals surface area contributed by atoms with Crippen molar-refractivity contribution in [2.45, 2.75) is 26.2 Å². The van der Waals surface area contributed by atoms with Crippen LogP contribution in [0, 0.1) is 22.2 Å². The molecule has 0 unspecified atom stereocenters. The van der Waals surface area contributed by atoms with E-state index in [2.05, 4.69) is 22.6 Å². The van der Waals surface area contributed by atoms with Crippen LogP contribution in [0.15, 0.2) is 78.9 Å². The van der Waals surface area contributed by atoms with E-state index in [9.17, 15) is 14.0 Å². The lowest BCUT2D eigenvalue weighted by Crippen LogP contribution is -2.45. The van der Waals surface area contributed by atoms with Crippen LogP contribution in [-0.2, 0) is 4.79 Å². The number of hydrogen-bond acceptors (Lipinski definition) is 3. The highest BCUT2D eigenvalue weighted by atomic mass is 127. The van der Waals surface area contributed by atoms with Crippen molar-refractivity contribution in [3.05, 3.63) is 111 Å². The van der Waals surface area contributed by atoms with E-state index in [-0.39, 0.29) is 50.9 Å². The largest absolute Gasteiger partial charge is 0.296 e. The van der Waals surface area contributed by atoms with Crippen LogP contribution in [0.5, 0.6) is 0 Å². The number of halogens is 2. The number of para-hydroxylation sites is 1. The maximum atomic E-state index is 14.1. The maximum absolute atomic E-state index is 14.1. The molecule has 1 aromatic heterocycles. The lowest BCUT2D eigenvalue weighted by Gasteiger charge is -2.38. The van der Waals surface area contributed by atoms with E-state index < -0.39 is 11.8 Å². The first-order chi connectivity index (χ1) is 17.4. The minimum atomic E-state index is -0.639. The van der Waals surface area contributed by atoms with Gasteiger partial charge in [0.25, 0.3) is 0 Å². The third kappa shape index (κ3) is 5.55. The molecular weight excluding hydrogens is 632 g/mol. The summed E-state index contributed by atoms with van der Waals surface area (Å²) in [5, 5.41) is 4.83. The molecule has 0 spiro atoms. The molecule has 2 heterocycles. The summed E-state index contributed by atoms with van der Waals surface area (Å²) in [6.45, 7) is 4.29. The van der Waals surface area contributed by atoms with E-state index in [1.165, 1.54) is 12.1 Å². The molecule has 0 saturated heterocycles. The maximum Gasteiger partial charge on any atom is 0.232 e. The Morgan fingerprint density at radius 2 is 1.68 bits per heavy atom. The van der Waals surface area contributed by atoms with Gasteiger partial charge in [0.15, 0.2) is 5.78 Å². The SMILES string of the molecule is CCN1C(=O)[C@@H](CC(=O)c2cccc(I)c2)[C@@H](c2ccc(F)cc2)c2c(C)nn(-c3ccccc3)c21.S.S. The third-order valence-corrected chi connectivity index (χ3v) is 7.40. The molecule has 2 atom stereocenters. The Morgan fingerprint density at radius 1 is 1.00 bits per heavy atom. The summed E-state index contributed by atoms with van der Waals surface area (Å²) in [4.78, 5) is 29.2. The Balaban J connectivity index is 0.00000200. The van der Waals surface area contributed by atoms with E-state index in [0.29, 0.717) is 17.9 Å². The number of benzene rings is 3. The van der Waals surface area contributed by atoms with Gasteiger partial charge in [-0.15, -0.1) is 0 Å². The molecule has 0 saturated carbocycles. The molecular formula is C29H29FIN3O2S2. The highest BCUT2D eigenvalue weighted by molar-refractivity contribution is 14.1. The predicted octanol–water partition coefficient (Wildman–Crippen LogP) is 6.54. The van der Waals surface area contributed by atoms with Crippen LogP contribution in [0.1, 0.15) is 46.4 Å². The number of carbonyl (C=O) groups is 2. The van der Waals surface area contributed by atoms with E-state index in [1.807, 2.05) is 62.4 Å². The van der Waals surface area contributed by atoms with Gasteiger partial charge >= 0.3 is 0 Å². The topological polar surface area (TPSA) is 55.2 Å². The number of anilines is 1. The summed E-state index contributed by atoms with van der Waals surface area (Å²) in [5.74, 6) is -0.930. The second-order valence-electron chi connectivity index (χ2n) is 8.93. The molecule has 0 bridgehead atoms. The molecule has 198 valence electrons. The van der Waals surface area contributed by atoms with Crippen molar-refractivity contribution < 1.29 is 14.0 Å². The van der Waals surface area contributed by atoms with Crippen LogP contribution < -0.4 is 4.90 Å². The van der Waals surface area contributed by atoms with Gasteiger partial charge < -0.3 is 0 Å². The van der Waals surface area contributed by atoms with Crippen molar-refractivity contribution in [1.82, 2.24) is 9.78 Å². The summed E-state index contributed by atoms with van der Waals surface area (Å²) in [7, 11) is 0. The first kappa shape index (κ1) is 29.9. The van der Waals surface area contributed by atoms with Gasteiger partial charge in [0, 0.05) is 33.6 Å². The molecule has 0 radical (unpaired) electrons. The number of carbonyl (C=O) groups excluding carboxylic acids is 2. The molecule has 1 amide bonds. The molecule has 4 aromatic rings. The van der Waals surface area contributed by atoms with Crippen LogP contribution in [-0.4, -0.2) is 28.0 Å². The number of aryl methyl sites for hydroxylation is 1. The van der Waals surface area contributed by atoms with Gasteiger partial charge in [0.05, 0.1) is 17.3 Å². The quantitative estimate of drug-likeness (QED) is 0.174. The van der Waals surface area contributed by atoms with E-state index >= 15 is 0 Å². The third-order valence-electron chi connectivity index (χ3n) is 6.73. The standard InChI is InChI=1S/C29H25FIN3O2.2H2S/c1-3-33-28-26(18(2)32-34(28)23-10-5-4-6-11-23)27(19-12-14-21(30)15-13-19)24(29(33)36)17-25(35)20-8-7-9-22(31)16-20;;/h4-16,24,27H,3,17H2,1-2H3;2*1H2/t24-,27+;;/m0../s1. The minimum Gasteiger partial charge on any atom is -0.296 e. The number of nitrogens with zero attached hydrogens (tertiary/aromatic N) is 3. The fourth-order valence-corrected chi connectivity index (χ4v) is 5.65. The zero-order valence-corrected chi connectivity index (χ0v) is 25.1. The van der Waals surface area contributed by atoms with Gasteiger partial charge in [-0.2, -0.15) is 32.1 Å². The average molecular weight is 662 g/mol. The van der Waals surface area contributed by atoms with Crippen molar-refractivity contribution in [3.63, 3.8) is 0 Å². The number of hydrogen-bond donors (Lipinski definition) is 0. The Morgan fingerprint density at radius 3 is 2.32 bits per heavy atom. The van der Waals surface area contributed by atoms with Crippen LogP contribution >= 0.6 is 49.6 Å². The Hall–Kier alpha value is -2.63. The van der Waals surface area contributed by atoms with Gasteiger partial charge in [-0.25, -0.2) is 9.07 Å². The van der Waals surface area contributed by atoms with E-state index in [0.717, 1.165) is 26.1 Å². The molecule has 1 aliphatic heterocycles. The molecule has 38 heavy (non-hydrogen) atoms. The molecule has 0 aliphatic carbocycles. The normalized spacial score (nSPS) is 16.3. The summed E-state index contributed by atoms with van der Waals surface area (Å²) in [5.41, 5.74) is 3.89. The minimum absolute atomic E-state index is 0. The fraction of sp³-hybridized carbons (Fsp3) is 0.207. The predicted molar refractivity (Wildman–Crippen MR) is 167 cm³/mol. The van der Waals surface area contributed by atoms with E-state index in [4.69, 9.17) is 5.10 Å². The van der Waals surface area contributed by atoms with E-state index in [1.54, 1.807) is 27.8 Å². The smallest absolute Gasteiger partial charge is 0.232 e. The van der Waals surface area contributed by atoms with Gasteiger partial charge in [0.2, 0.25) is 5.91 Å². The second-order valence-corrected chi connectivity index (χ2v) is 10.2.